The third kappa shape index (κ3) is 9.08. The van der Waals surface area contributed by atoms with Crippen molar-refractivity contribution in [3.8, 4) is 40.4 Å². The molecule has 68 heavy (non-hydrogen) atoms. The number of pyridine rings is 1. The van der Waals surface area contributed by atoms with Crippen LogP contribution in [0.15, 0.2) is 24.3 Å². The highest BCUT2D eigenvalue weighted by atomic mass is 28.3. The zero-order valence-corrected chi connectivity index (χ0v) is 42.5. The molecule has 9 rings (SSSR count). The summed E-state index contributed by atoms with van der Waals surface area (Å²) in [6.07, 6.45) is 4.09. The van der Waals surface area contributed by atoms with Gasteiger partial charge in [-0.1, -0.05) is 53.5 Å². The number of hydrogen-bond acceptors (Lipinski definition) is 12. The Morgan fingerprint density at radius 3 is 2.43 bits per heavy atom. The van der Waals surface area contributed by atoms with Crippen LogP contribution in [0, 0.1) is 28.5 Å². The van der Waals surface area contributed by atoms with E-state index >= 15 is 8.78 Å². The van der Waals surface area contributed by atoms with Crippen molar-refractivity contribution in [3.63, 3.8) is 0 Å². The van der Waals surface area contributed by atoms with Gasteiger partial charge < -0.3 is 38.2 Å². The molecule has 1 amide bonds. The van der Waals surface area contributed by atoms with E-state index in [-0.39, 0.29) is 77.3 Å². The highest BCUT2D eigenvalue weighted by molar-refractivity contribution is 6.90. The van der Waals surface area contributed by atoms with Crippen LogP contribution in [-0.2, 0) is 14.2 Å². The second kappa shape index (κ2) is 18.8. The molecule has 4 aliphatic heterocycles. The van der Waals surface area contributed by atoms with E-state index in [1.165, 1.54) is 13.2 Å². The van der Waals surface area contributed by atoms with Crippen molar-refractivity contribution in [1.29, 1.82) is 0 Å². The van der Waals surface area contributed by atoms with Gasteiger partial charge >= 0.3 is 12.1 Å². The van der Waals surface area contributed by atoms with Crippen LogP contribution in [0.4, 0.5) is 19.4 Å². The van der Waals surface area contributed by atoms with E-state index in [1.807, 2.05) is 25.7 Å². The Morgan fingerprint density at radius 1 is 0.956 bits per heavy atom. The summed E-state index contributed by atoms with van der Waals surface area (Å²) in [5.74, 6) is 3.04. The van der Waals surface area contributed by atoms with Gasteiger partial charge in [-0.2, -0.15) is 9.97 Å². The van der Waals surface area contributed by atoms with Crippen LogP contribution >= 0.6 is 0 Å². The van der Waals surface area contributed by atoms with E-state index in [1.54, 1.807) is 18.2 Å². The summed E-state index contributed by atoms with van der Waals surface area (Å²) in [5, 5.41) is 1.30. The van der Waals surface area contributed by atoms with Gasteiger partial charge in [0.05, 0.1) is 36.9 Å². The van der Waals surface area contributed by atoms with E-state index in [9.17, 15) is 4.79 Å². The highest BCUT2D eigenvalue weighted by Gasteiger charge is 2.52. The Balaban J connectivity index is 1.21. The minimum absolute atomic E-state index is 0.0340. The molecule has 0 N–H and O–H groups in total. The normalized spacial score (nSPS) is 21.4. The van der Waals surface area contributed by atoms with Crippen molar-refractivity contribution in [3.05, 3.63) is 41.5 Å². The predicted octanol–water partition coefficient (Wildman–Crippen LogP) is 9.91. The highest BCUT2D eigenvalue weighted by Crippen LogP contribution is 2.49. The minimum atomic E-state index is -2.35. The average Bonchev–Trinajstić information content (AvgIpc) is 4.06. The van der Waals surface area contributed by atoms with Gasteiger partial charge in [-0.05, 0) is 93.1 Å². The number of benzene rings is 2. The zero-order chi connectivity index (χ0) is 48.3. The SMILES string of the molecule is COCOc1cc(-c2nc3c4c(nc(OCC5(CN6CCCOCC6)CC5)nc4c2F)N2C[C@H]4CC[C@@H]([C@H]2CO3)N4C(=O)OC(C)(C)C)c2c(C#C[Si](C(C)C)(C(C)C)C(C)C)c(F)ccc2c1. The lowest BCUT2D eigenvalue weighted by Gasteiger charge is -2.46. The summed E-state index contributed by atoms with van der Waals surface area (Å²) in [6, 6.07) is 5.73. The lowest BCUT2D eigenvalue weighted by molar-refractivity contribution is 0.00537. The first-order valence-electron chi connectivity index (χ1n) is 24.6. The van der Waals surface area contributed by atoms with E-state index in [4.69, 9.17) is 43.4 Å². The first-order valence-corrected chi connectivity index (χ1v) is 26.8. The van der Waals surface area contributed by atoms with Crippen LogP contribution in [0.25, 0.3) is 32.9 Å². The van der Waals surface area contributed by atoms with Gasteiger partial charge in [0, 0.05) is 56.3 Å². The van der Waals surface area contributed by atoms with Gasteiger partial charge in [-0.3, -0.25) is 4.90 Å². The van der Waals surface area contributed by atoms with E-state index in [0.29, 0.717) is 64.1 Å². The van der Waals surface area contributed by atoms with Crippen molar-refractivity contribution < 1.29 is 42.0 Å². The zero-order valence-electron chi connectivity index (χ0n) is 41.5. The second-order valence-electron chi connectivity index (χ2n) is 21.6. The topological polar surface area (TPSA) is 121 Å². The lowest BCUT2D eigenvalue weighted by Crippen LogP contribution is -2.63. The molecule has 1 saturated carbocycles. The van der Waals surface area contributed by atoms with Crippen LogP contribution in [-0.4, -0.2) is 129 Å². The molecule has 0 spiro atoms. The molecule has 13 nitrogen and oxygen atoms in total. The molecule has 4 fully saturated rings. The van der Waals surface area contributed by atoms with Crippen LogP contribution in [0.5, 0.6) is 17.6 Å². The number of aromatic nitrogens is 3. The van der Waals surface area contributed by atoms with Gasteiger partial charge in [0.25, 0.3) is 0 Å². The first kappa shape index (κ1) is 48.2. The molecule has 4 aromatic rings. The molecule has 2 aromatic carbocycles. The Labute approximate surface area is 400 Å². The maximum Gasteiger partial charge on any atom is 0.410 e. The predicted molar refractivity (Wildman–Crippen MR) is 261 cm³/mol. The largest absolute Gasteiger partial charge is 0.475 e. The van der Waals surface area contributed by atoms with Crippen LogP contribution in [0.1, 0.15) is 100.0 Å². The quantitative estimate of drug-likeness (QED) is 0.0764. The molecule has 1 aliphatic carbocycles. The molecule has 0 radical (unpaired) electrons. The summed E-state index contributed by atoms with van der Waals surface area (Å²) in [5.41, 5.74) is 4.11. The summed E-state index contributed by atoms with van der Waals surface area (Å²) in [4.78, 5) is 35.2. The summed E-state index contributed by atoms with van der Waals surface area (Å²) in [7, 11) is -0.830. The maximum absolute atomic E-state index is 18.2. The number of carbonyl (C=O) groups excluding carboxylic acids is 1. The maximum atomic E-state index is 18.2. The Bertz CT molecular complexity index is 2600. The van der Waals surface area contributed by atoms with Crippen LogP contribution in [0.2, 0.25) is 16.6 Å². The molecule has 6 heterocycles. The third-order valence-corrected chi connectivity index (χ3v) is 21.3. The van der Waals surface area contributed by atoms with Crippen molar-refractivity contribution in [2.24, 2.45) is 5.41 Å². The van der Waals surface area contributed by atoms with Crippen molar-refractivity contribution in [1.82, 2.24) is 24.8 Å². The fourth-order valence-electron chi connectivity index (χ4n) is 11.6. The smallest absolute Gasteiger partial charge is 0.410 e. The van der Waals surface area contributed by atoms with E-state index < -0.39 is 25.3 Å². The lowest BCUT2D eigenvalue weighted by atomic mass is 9.95. The number of hydrogen-bond donors (Lipinski definition) is 0. The van der Waals surface area contributed by atoms with Crippen LogP contribution in [0.3, 0.4) is 0 Å². The summed E-state index contributed by atoms with van der Waals surface area (Å²) in [6.45, 7) is 23.8. The molecule has 3 atom stereocenters. The Kier molecular flexibility index (Phi) is 13.3. The molecular formula is C52H68F2N6O7Si. The molecule has 2 aromatic heterocycles. The number of methoxy groups -OCH3 is 1. The van der Waals surface area contributed by atoms with Crippen molar-refractivity contribution in [2.75, 3.05) is 71.4 Å². The fourth-order valence-corrected chi connectivity index (χ4v) is 16.8. The molecule has 366 valence electrons. The molecule has 3 saturated heterocycles. The first-order chi connectivity index (χ1) is 32.4. The Morgan fingerprint density at radius 2 is 1.72 bits per heavy atom. The number of piperazine rings is 1. The molecule has 5 aliphatic rings. The van der Waals surface area contributed by atoms with E-state index in [2.05, 4.69) is 62.8 Å². The summed E-state index contributed by atoms with van der Waals surface area (Å²) < 4.78 is 71.0. The number of ether oxygens (including phenoxy) is 6. The van der Waals surface area contributed by atoms with Gasteiger partial charge in [-0.25, -0.2) is 18.6 Å². The van der Waals surface area contributed by atoms with Gasteiger partial charge in [0.1, 0.15) is 54.3 Å². The molecule has 2 bridgehead atoms. The molecule has 0 unspecified atom stereocenters. The standard InChI is InChI=1S/C52H68F2N6O7Si/c1-31(2)68(32(3)4,33(5)6)23-16-37-39(53)14-12-34-24-36(66-30-62-10)25-38(42(34)37)45-44(54)46-43-47(57-49(56-46)65-29-52(17-18-52)28-58-19-11-21-63-22-20-58)59-26-35-13-15-40(41(59)27-64-48(43)55-45)60(35)50(61)67-51(7,8)9/h12,14,24-25,31-33,35,40-41H,11,13,15,17-22,26-30H2,1-10H3/t35-,40+,41-/m1/s1. The second-order valence-corrected chi connectivity index (χ2v) is 27.1. The van der Waals surface area contributed by atoms with Gasteiger partial charge in [0.2, 0.25) is 5.88 Å². The molecule has 16 heteroatoms. The number of anilines is 1. The van der Waals surface area contributed by atoms with Crippen LogP contribution < -0.4 is 19.1 Å². The number of amides is 1. The summed E-state index contributed by atoms with van der Waals surface area (Å²) >= 11 is 0. The van der Waals surface area contributed by atoms with Crippen molar-refractivity contribution in [2.45, 2.75) is 135 Å². The van der Waals surface area contributed by atoms with E-state index in [0.717, 1.165) is 58.3 Å². The minimum Gasteiger partial charge on any atom is -0.475 e. The fraction of sp³-hybridized carbons (Fsp3) is 0.615. The number of carbonyl (C=O) groups is 1. The third-order valence-electron chi connectivity index (χ3n) is 15.0. The number of fused-ring (bicyclic) bond motifs is 6. The van der Waals surface area contributed by atoms with Gasteiger partial charge in [0.15, 0.2) is 12.6 Å². The molecular weight excluding hydrogens is 887 g/mol. The Hall–Kier alpha value is -4.82. The number of halogens is 2. The number of nitrogens with zero attached hydrogens (tertiary/aromatic N) is 6. The number of rotatable bonds is 12. The van der Waals surface area contributed by atoms with Gasteiger partial charge in [-0.15, -0.1) is 5.54 Å². The monoisotopic (exact) mass is 954 g/mol. The average molecular weight is 955 g/mol. The van der Waals surface area contributed by atoms with Crippen molar-refractivity contribution >= 4 is 41.7 Å².